The lowest BCUT2D eigenvalue weighted by Crippen LogP contribution is -2.46. The zero-order valence-corrected chi connectivity index (χ0v) is 14.7. The van der Waals surface area contributed by atoms with Gasteiger partial charge in [0.1, 0.15) is 0 Å². The van der Waals surface area contributed by atoms with Crippen LogP contribution in [0.1, 0.15) is 37.9 Å². The van der Waals surface area contributed by atoms with Gasteiger partial charge in [0, 0.05) is 25.6 Å². The Morgan fingerprint density at radius 2 is 2.22 bits per heavy atom. The molecule has 0 aliphatic carbocycles. The molecule has 2 heterocycles. The zero-order valence-electron chi connectivity index (χ0n) is 13.9. The standard InChI is InChI=1S/C14H27N5O3S/c1-3-14-17-13(18-22-14)11-19-9-4-6-12(10-19)15-7-5-8-16-23(2,20)21/h12,15-16H,3-11H2,1-2H3. The number of nitrogens with one attached hydrogen (secondary N) is 2. The molecule has 2 N–H and O–H groups in total. The fourth-order valence-corrected chi connectivity index (χ4v) is 3.23. The van der Waals surface area contributed by atoms with E-state index < -0.39 is 10.0 Å². The van der Waals surface area contributed by atoms with Crippen molar-refractivity contribution in [2.75, 3.05) is 32.4 Å². The molecule has 0 bridgehead atoms. The van der Waals surface area contributed by atoms with Crippen LogP contribution in [-0.2, 0) is 23.0 Å². The highest BCUT2D eigenvalue weighted by atomic mass is 32.2. The minimum absolute atomic E-state index is 0.430. The summed E-state index contributed by atoms with van der Waals surface area (Å²) < 4.78 is 29.6. The normalized spacial score (nSPS) is 20.0. The van der Waals surface area contributed by atoms with Gasteiger partial charge in [-0.2, -0.15) is 4.98 Å². The molecule has 0 saturated carbocycles. The summed E-state index contributed by atoms with van der Waals surface area (Å²) in [5.74, 6) is 1.44. The Labute approximate surface area is 138 Å². The van der Waals surface area contributed by atoms with Gasteiger partial charge in [0.25, 0.3) is 0 Å². The van der Waals surface area contributed by atoms with Gasteiger partial charge in [-0.3, -0.25) is 4.90 Å². The predicted molar refractivity (Wildman–Crippen MR) is 87.4 cm³/mol. The molecule has 0 aromatic carbocycles. The lowest BCUT2D eigenvalue weighted by Gasteiger charge is -2.32. The fourth-order valence-electron chi connectivity index (χ4n) is 2.72. The largest absolute Gasteiger partial charge is 0.339 e. The number of hydrogen-bond donors (Lipinski definition) is 2. The molecule has 1 aliphatic heterocycles. The summed E-state index contributed by atoms with van der Waals surface area (Å²) in [6, 6.07) is 0.430. The molecule has 1 atom stereocenters. The molecule has 1 aromatic heterocycles. The van der Waals surface area contributed by atoms with Crippen LogP contribution in [0.4, 0.5) is 0 Å². The third-order valence-corrected chi connectivity index (χ3v) is 4.56. The van der Waals surface area contributed by atoms with Gasteiger partial charge in [0.05, 0.1) is 12.8 Å². The Morgan fingerprint density at radius 3 is 2.91 bits per heavy atom. The van der Waals surface area contributed by atoms with Crippen LogP contribution < -0.4 is 10.0 Å². The van der Waals surface area contributed by atoms with Gasteiger partial charge in [-0.1, -0.05) is 12.1 Å². The number of piperidine rings is 1. The molecule has 1 aliphatic rings. The highest BCUT2D eigenvalue weighted by Gasteiger charge is 2.20. The SMILES string of the molecule is CCc1nc(CN2CCCC(NCCCNS(C)(=O)=O)C2)no1. The van der Waals surface area contributed by atoms with Crippen molar-refractivity contribution < 1.29 is 12.9 Å². The van der Waals surface area contributed by atoms with E-state index in [1.165, 1.54) is 6.26 Å². The topological polar surface area (TPSA) is 100 Å². The molecule has 0 amide bonds. The lowest BCUT2D eigenvalue weighted by molar-refractivity contribution is 0.178. The third kappa shape index (κ3) is 6.94. The summed E-state index contributed by atoms with van der Waals surface area (Å²) in [5, 5.41) is 7.50. The molecule has 0 radical (unpaired) electrons. The van der Waals surface area contributed by atoms with Crippen LogP contribution in [0.15, 0.2) is 4.52 Å². The minimum atomic E-state index is -3.08. The highest BCUT2D eigenvalue weighted by Crippen LogP contribution is 2.12. The predicted octanol–water partition coefficient (Wildman–Crippen LogP) is 0.125. The van der Waals surface area contributed by atoms with E-state index >= 15 is 0 Å². The Morgan fingerprint density at radius 1 is 1.39 bits per heavy atom. The Kier molecular flexibility index (Phi) is 6.94. The number of sulfonamides is 1. The molecule has 1 aromatic rings. The maximum absolute atomic E-state index is 11.0. The highest BCUT2D eigenvalue weighted by molar-refractivity contribution is 7.88. The Bertz CT molecular complexity index is 575. The van der Waals surface area contributed by atoms with Crippen LogP contribution in [0.25, 0.3) is 0 Å². The second-order valence-corrected chi connectivity index (χ2v) is 7.84. The van der Waals surface area contributed by atoms with Crippen LogP contribution in [-0.4, -0.2) is 61.9 Å². The van der Waals surface area contributed by atoms with E-state index in [1.807, 2.05) is 6.92 Å². The second kappa shape index (κ2) is 8.72. The quantitative estimate of drug-likeness (QED) is 0.613. The van der Waals surface area contributed by atoms with Crippen LogP contribution in [0.5, 0.6) is 0 Å². The van der Waals surface area contributed by atoms with Gasteiger partial charge in [-0.15, -0.1) is 0 Å². The summed E-state index contributed by atoms with van der Waals surface area (Å²) in [7, 11) is -3.08. The van der Waals surface area contributed by atoms with Gasteiger partial charge in [0.15, 0.2) is 5.82 Å². The van der Waals surface area contributed by atoms with Crippen LogP contribution >= 0.6 is 0 Å². The van der Waals surface area contributed by atoms with Crippen LogP contribution in [0, 0.1) is 0 Å². The van der Waals surface area contributed by atoms with E-state index in [4.69, 9.17) is 4.52 Å². The molecule has 23 heavy (non-hydrogen) atoms. The van der Waals surface area contributed by atoms with Crippen molar-refractivity contribution in [2.45, 2.75) is 45.2 Å². The molecule has 2 rings (SSSR count). The number of likely N-dealkylation sites (tertiary alicyclic amines) is 1. The van der Waals surface area contributed by atoms with Crippen LogP contribution in [0.3, 0.4) is 0 Å². The van der Waals surface area contributed by atoms with Gasteiger partial charge in [0.2, 0.25) is 15.9 Å². The molecule has 1 saturated heterocycles. The number of aromatic nitrogens is 2. The molecule has 0 spiro atoms. The summed E-state index contributed by atoms with van der Waals surface area (Å²) in [6.45, 7) is 6.00. The zero-order chi connectivity index (χ0) is 16.7. The van der Waals surface area contributed by atoms with Crippen molar-refractivity contribution in [2.24, 2.45) is 0 Å². The van der Waals surface area contributed by atoms with E-state index in [-0.39, 0.29) is 0 Å². The van der Waals surface area contributed by atoms with Crippen molar-refractivity contribution >= 4 is 10.0 Å². The second-order valence-electron chi connectivity index (χ2n) is 6.01. The van der Waals surface area contributed by atoms with E-state index in [0.717, 1.165) is 57.7 Å². The Hall–Kier alpha value is -1.03. The number of rotatable bonds is 9. The van der Waals surface area contributed by atoms with Crippen molar-refractivity contribution in [1.29, 1.82) is 0 Å². The first-order chi connectivity index (χ1) is 11.0. The summed E-state index contributed by atoms with van der Waals surface area (Å²) in [5.41, 5.74) is 0. The molecule has 8 nitrogen and oxygen atoms in total. The summed E-state index contributed by atoms with van der Waals surface area (Å²) in [6.07, 6.45) is 5.01. The van der Waals surface area contributed by atoms with Crippen molar-refractivity contribution in [3.63, 3.8) is 0 Å². The first kappa shape index (κ1) is 18.3. The van der Waals surface area contributed by atoms with Crippen molar-refractivity contribution in [3.05, 3.63) is 11.7 Å². The molecular weight excluding hydrogens is 318 g/mol. The first-order valence-electron chi connectivity index (χ1n) is 8.18. The summed E-state index contributed by atoms with van der Waals surface area (Å²) in [4.78, 5) is 6.69. The molecule has 132 valence electrons. The summed E-state index contributed by atoms with van der Waals surface area (Å²) >= 11 is 0. The first-order valence-corrected chi connectivity index (χ1v) is 10.1. The monoisotopic (exact) mass is 345 g/mol. The van der Waals surface area contributed by atoms with Gasteiger partial charge in [-0.25, -0.2) is 13.1 Å². The maximum Gasteiger partial charge on any atom is 0.226 e. The van der Waals surface area contributed by atoms with E-state index in [9.17, 15) is 8.42 Å². The average Bonchev–Trinajstić information content (AvgIpc) is 2.94. The van der Waals surface area contributed by atoms with Crippen molar-refractivity contribution in [1.82, 2.24) is 25.1 Å². The minimum Gasteiger partial charge on any atom is -0.339 e. The third-order valence-electron chi connectivity index (χ3n) is 3.83. The van der Waals surface area contributed by atoms with E-state index in [1.54, 1.807) is 0 Å². The maximum atomic E-state index is 11.0. The molecule has 9 heteroatoms. The van der Waals surface area contributed by atoms with Crippen molar-refractivity contribution in [3.8, 4) is 0 Å². The molecular formula is C14H27N5O3S. The number of hydrogen-bond acceptors (Lipinski definition) is 7. The van der Waals surface area contributed by atoms with E-state index in [0.29, 0.717) is 18.5 Å². The van der Waals surface area contributed by atoms with E-state index in [2.05, 4.69) is 25.1 Å². The van der Waals surface area contributed by atoms with Gasteiger partial charge in [-0.05, 0) is 32.4 Å². The fraction of sp³-hybridized carbons (Fsp3) is 0.857. The van der Waals surface area contributed by atoms with Crippen LogP contribution in [0.2, 0.25) is 0 Å². The van der Waals surface area contributed by atoms with Gasteiger partial charge >= 0.3 is 0 Å². The average molecular weight is 345 g/mol. The lowest BCUT2D eigenvalue weighted by atomic mass is 10.1. The number of nitrogens with zero attached hydrogens (tertiary/aromatic N) is 3. The number of aryl methyl sites for hydroxylation is 1. The molecule has 1 unspecified atom stereocenters. The Balaban J connectivity index is 1.67. The smallest absolute Gasteiger partial charge is 0.226 e. The van der Waals surface area contributed by atoms with Gasteiger partial charge < -0.3 is 9.84 Å². The molecule has 1 fully saturated rings.